The second kappa shape index (κ2) is 10.4. The van der Waals surface area contributed by atoms with Crippen molar-refractivity contribution >= 4 is 23.7 Å². The lowest BCUT2D eigenvalue weighted by atomic mass is 10.2. The van der Waals surface area contributed by atoms with E-state index in [0.717, 1.165) is 23.3 Å². The number of ether oxygens (including phenoxy) is 1. The highest BCUT2D eigenvalue weighted by Gasteiger charge is 2.11. The summed E-state index contributed by atoms with van der Waals surface area (Å²) < 4.78 is 6.99. The number of carbonyl (C=O) groups excluding carboxylic acids is 1. The van der Waals surface area contributed by atoms with Crippen LogP contribution in [-0.2, 0) is 6.54 Å². The molecule has 7 heteroatoms. The molecule has 0 fully saturated rings. The van der Waals surface area contributed by atoms with Crippen LogP contribution in [0.3, 0.4) is 0 Å². The highest BCUT2D eigenvalue weighted by Crippen LogP contribution is 2.12. The normalized spacial score (nSPS) is 10.9. The molecule has 1 heterocycles. The minimum Gasteiger partial charge on any atom is -0.494 e. The molecule has 0 aliphatic rings. The summed E-state index contributed by atoms with van der Waals surface area (Å²) in [6.07, 6.45) is 4.09. The van der Waals surface area contributed by atoms with Crippen LogP contribution in [0.25, 0.3) is 0 Å². The summed E-state index contributed by atoms with van der Waals surface area (Å²) in [5.41, 5.74) is 3.74. The van der Waals surface area contributed by atoms with Gasteiger partial charge in [-0.1, -0.05) is 30.7 Å². The molecule has 0 bridgehead atoms. The first-order valence-electron chi connectivity index (χ1n) is 9.57. The van der Waals surface area contributed by atoms with Gasteiger partial charge in [0.05, 0.1) is 19.4 Å². The van der Waals surface area contributed by atoms with E-state index in [2.05, 4.69) is 10.5 Å². The first-order chi connectivity index (χ1) is 14.6. The molecular formula is C23H22ClN3O3. The average Bonchev–Trinajstić information content (AvgIpc) is 2.76. The molecule has 0 radical (unpaired) electrons. The molecule has 1 N–H and O–H groups in total. The van der Waals surface area contributed by atoms with Gasteiger partial charge >= 0.3 is 0 Å². The topological polar surface area (TPSA) is 72.7 Å². The van der Waals surface area contributed by atoms with Crippen LogP contribution in [-0.4, -0.2) is 23.3 Å². The third-order valence-electron chi connectivity index (χ3n) is 4.26. The molecule has 0 aliphatic heterocycles. The Morgan fingerprint density at radius 3 is 2.57 bits per heavy atom. The van der Waals surface area contributed by atoms with Crippen molar-refractivity contribution in [1.82, 2.24) is 9.99 Å². The summed E-state index contributed by atoms with van der Waals surface area (Å²) in [5.74, 6) is 0.216. The van der Waals surface area contributed by atoms with E-state index in [-0.39, 0.29) is 5.56 Å². The monoisotopic (exact) mass is 423 g/mol. The predicted molar refractivity (Wildman–Crippen MR) is 119 cm³/mol. The number of amides is 1. The first-order valence-corrected chi connectivity index (χ1v) is 9.95. The van der Waals surface area contributed by atoms with Gasteiger partial charge in [-0.05, 0) is 66.1 Å². The van der Waals surface area contributed by atoms with E-state index in [4.69, 9.17) is 16.3 Å². The zero-order chi connectivity index (χ0) is 21.3. The smallest absolute Gasteiger partial charge is 0.276 e. The van der Waals surface area contributed by atoms with Crippen LogP contribution in [0.1, 0.15) is 34.8 Å². The standard InChI is InChI=1S/C23H22ClN3O3/c1-2-14-30-20-11-7-17(8-12-20)15-25-26-22(28)21-4-3-13-27(23(21)29)16-18-5-9-19(24)10-6-18/h3-13,15H,2,14,16H2,1H3,(H,26,28)/b25-15-. The predicted octanol–water partition coefficient (Wildman–Crippen LogP) is 4.10. The van der Waals surface area contributed by atoms with Crippen molar-refractivity contribution in [2.24, 2.45) is 5.10 Å². The fourth-order valence-corrected chi connectivity index (χ4v) is 2.84. The van der Waals surface area contributed by atoms with E-state index in [9.17, 15) is 9.59 Å². The van der Waals surface area contributed by atoms with Gasteiger partial charge in [0.1, 0.15) is 11.3 Å². The molecule has 3 aromatic rings. The lowest BCUT2D eigenvalue weighted by Gasteiger charge is -2.08. The molecule has 6 nitrogen and oxygen atoms in total. The van der Waals surface area contributed by atoms with Gasteiger partial charge in [0.15, 0.2) is 0 Å². The number of benzene rings is 2. The van der Waals surface area contributed by atoms with Crippen molar-refractivity contribution in [3.8, 4) is 5.75 Å². The molecular weight excluding hydrogens is 402 g/mol. The number of nitrogens with one attached hydrogen (secondary N) is 1. The summed E-state index contributed by atoms with van der Waals surface area (Å²) in [4.78, 5) is 25.1. The van der Waals surface area contributed by atoms with Crippen LogP contribution in [0.15, 0.2) is 76.8 Å². The Balaban J connectivity index is 1.64. The lowest BCUT2D eigenvalue weighted by molar-refractivity contribution is 0.0953. The quantitative estimate of drug-likeness (QED) is 0.438. The van der Waals surface area contributed by atoms with E-state index in [0.29, 0.717) is 18.2 Å². The maximum absolute atomic E-state index is 12.6. The fraction of sp³-hybridized carbons (Fsp3) is 0.174. The van der Waals surface area contributed by atoms with Crippen molar-refractivity contribution in [2.75, 3.05) is 6.61 Å². The van der Waals surface area contributed by atoms with Gasteiger partial charge in [-0.15, -0.1) is 0 Å². The van der Waals surface area contributed by atoms with E-state index in [1.54, 1.807) is 24.4 Å². The van der Waals surface area contributed by atoms with Crippen LogP contribution in [0.5, 0.6) is 5.75 Å². The molecule has 0 aliphatic carbocycles. The van der Waals surface area contributed by atoms with Crippen LogP contribution in [0, 0.1) is 0 Å². The van der Waals surface area contributed by atoms with Crippen molar-refractivity contribution in [1.29, 1.82) is 0 Å². The second-order valence-corrected chi connectivity index (χ2v) is 7.03. The van der Waals surface area contributed by atoms with Gasteiger partial charge in [-0.2, -0.15) is 5.10 Å². The van der Waals surface area contributed by atoms with E-state index < -0.39 is 11.5 Å². The minimum atomic E-state index is -0.565. The van der Waals surface area contributed by atoms with Crippen molar-refractivity contribution in [2.45, 2.75) is 19.9 Å². The highest BCUT2D eigenvalue weighted by molar-refractivity contribution is 6.30. The maximum atomic E-state index is 12.6. The Kier molecular flexibility index (Phi) is 7.40. The molecule has 0 saturated carbocycles. The van der Waals surface area contributed by atoms with Gasteiger partial charge in [0, 0.05) is 11.2 Å². The van der Waals surface area contributed by atoms with Crippen molar-refractivity contribution in [3.63, 3.8) is 0 Å². The van der Waals surface area contributed by atoms with Crippen LogP contribution in [0.2, 0.25) is 5.02 Å². The lowest BCUT2D eigenvalue weighted by Crippen LogP contribution is -2.30. The highest BCUT2D eigenvalue weighted by atomic mass is 35.5. The molecule has 3 rings (SSSR count). The number of hydrazone groups is 1. The molecule has 30 heavy (non-hydrogen) atoms. The Morgan fingerprint density at radius 2 is 1.87 bits per heavy atom. The minimum absolute atomic E-state index is 0.0203. The van der Waals surface area contributed by atoms with Crippen molar-refractivity contribution in [3.05, 3.63) is 98.9 Å². The number of nitrogens with zero attached hydrogens (tertiary/aromatic N) is 2. The third kappa shape index (κ3) is 5.81. The largest absolute Gasteiger partial charge is 0.494 e. The number of carbonyl (C=O) groups is 1. The van der Waals surface area contributed by atoms with Gasteiger partial charge in [-0.25, -0.2) is 5.43 Å². The van der Waals surface area contributed by atoms with Crippen LogP contribution >= 0.6 is 11.6 Å². The Morgan fingerprint density at radius 1 is 1.13 bits per heavy atom. The van der Waals surface area contributed by atoms with E-state index in [1.807, 2.05) is 43.3 Å². The number of pyridine rings is 1. The zero-order valence-electron chi connectivity index (χ0n) is 16.5. The third-order valence-corrected chi connectivity index (χ3v) is 4.52. The SMILES string of the molecule is CCCOc1ccc(/C=N\NC(=O)c2cccn(Cc3ccc(Cl)cc3)c2=O)cc1. The Hall–Kier alpha value is -3.38. The number of hydrogen-bond donors (Lipinski definition) is 1. The number of halogens is 1. The van der Waals surface area contributed by atoms with Gasteiger partial charge in [0.25, 0.3) is 11.5 Å². The fourth-order valence-electron chi connectivity index (χ4n) is 2.72. The van der Waals surface area contributed by atoms with Gasteiger partial charge < -0.3 is 9.30 Å². The van der Waals surface area contributed by atoms with Crippen molar-refractivity contribution < 1.29 is 9.53 Å². The molecule has 0 saturated heterocycles. The summed E-state index contributed by atoms with van der Waals surface area (Å²) >= 11 is 5.89. The zero-order valence-corrected chi connectivity index (χ0v) is 17.3. The summed E-state index contributed by atoms with van der Waals surface area (Å²) in [6, 6.07) is 17.7. The summed E-state index contributed by atoms with van der Waals surface area (Å²) in [5, 5.41) is 4.57. The van der Waals surface area contributed by atoms with Crippen LogP contribution < -0.4 is 15.7 Å². The molecule has 0 atom stereocenters. The number of hydrogen-bond acceptors (Lipinski definition) is 4. The van der Waals surface area contributed by atoms with Gasteiger partial charge in [0.2, 0.25) is 0 Å². The molecule has 1 aromatic heterocycles. The molecule has 2 aromatic carbocycles. The van der Waals surface area contributed by atoms with Gasteiger partial charge in [-0.3, -0.25) is 9.59 Å². The second-order valence-electron chi connectivity index (χ2n) is 6.60. The van der Waals surface area contributed by atoms with Crippen LogP contribution in [0.4, 0.5) is 0 Å². The maximum Gasteiger partial charge on any atom is 0.276 e. The van der Waals surface area contributed by atoms with E-state index in [1.165, 1.54) is 16.8 Å². The Bertz CT molecular complexity index is 1070. The average molecular weight is 424 g/mol. The van der Waals surface area contributed by atoms with E-state index >= 15 is 0 Å². The number of rotatable bonds is 8. The first kappa shape index (κ1) is 21.3. The molecule has 154 valence electrons. The molecule has 1 amide bonds. The Labute approximate surface area is 179 Å². The number of aromatic nitrogens is 1. The molecule has 0 spiro atoms. The molecule has 0 unspecified atom stereocenters. The summed E-state index contributed by atoms with van der Waals surface area (Å²) in [6.45, 7) is 3.05. The summed E-state index contributed by atoms with van der Waals surface area (Å²) in [7, 11) is 0.